The Labute approximate surface area is 157 Å². The Kier molecular flexibility index (Phi) is 4.94. The number of benzene rings is 1. The molecule has 0 N–H and O–H groups in total. The molecule has 0 radical (unpaired) electrons. The van der Waals surface area contributed by atoms with Crippen LogP contribution in [0.4, 0.5) is 14.9 Å². The fraction of sp³-hybridized carbons (Fsp3) is 0.556. The second kappa shape index (κ2) is 6.80. The molecule has 2 heterocycles. The molecule has 146 valence electrons. The molecule has 2 saturated heterocycles. The van der Waals surface area contributed by atoms with E-state index in [2.05, 4.69) is 0 Å². The smallest absolute Gasteiger partial charge is 0.462 e. The number of cyclic esters (lactones) is 1. The number of anilines is 1. The van der Waals surface area contributed by atoms with Gasteiger partial charge in [-0.25, -0.2) is 9.18 Å². The van der Waals surface area contributed by atoms with E-state index in [1.54, 1.807) is 12.1 Å². The highest BCUT2D eigenvalue weighted by Crippen LogP contribution is 2.36. The lowest BCUT2D eigenvalue weighted by atomic mass is 9.78. The topological polar surface area (TPSA) is 74.3 Å². The Hall–Kier alpha value is -2.13. The van der Waals surface area contributed by atoms with Crippen LogP contribution in [0.3, 0.4) is 0 Å². The molecule has 1 aromatic carbocycles. The largest absolute Gasteiger partial charge is 0.497 e. The lowest BCUT2D eigenvalue weighted by molar-refractivity contribution is -0.143. The summed E-state index contributed by atoms with van der Waals surface area (Å²) < 4.78 is 36.5. The van der Waals surface area contributed by atoms with Crippen LogP contribution in [-0.4, -0.2) is 49.6 Å². The van der Waals surface area contributed by atoms with E-state index in [0.717, 1.165) is 0 Å². The van der Waals surface area contributed by atoms with Crippen molar-refractivity contribution >= 4 is 30.3 Å². The minimum atomic E-state index is -0.828. The summed E-state index contributed by atoms with van der Waals surface area (Å²) in [5.41, 5.74) is -0.541. The van der Waals surface area contributed by atoms with E-state index in [1.165, 1.54) is 17.9 Å². The van der Waals surface area contributed by atoms with Crippen LogP contribution >= 0.6 is 0 Å². The van der Waals surface area contributed by atoms with Gasteiger partial charge in [-0.15, -0.1) is 0 Å². The molecule has 27 heavy (non-hydrogen) atoms. The fourth-order valence-corrected chi connectivity index (χ4v) is 2.87. The summed E-state index contributed by atoms with van der Waals surface area (Å²) in [5.74, 6) is -0.996. The zero-order valence-corrected chi connectivity index (χ0v) is 16.1. The molecule has 9 heteroatoms. The number of carbonyl (C=O) groups is 2. The Morgan fingerprint density at radius 1 is 1.30 bits per heavy atom. The first-order chi connectivity index (χ1) is 12.5. The van der Waals surface area contributed by atoms with Crippen molar-refractivity contribution in [3.8, 4) is 0 Å². The van der Waals surface area contributed by atoms with Crippen LogP contribution in [0, 0.1) is 5.82 Å². The molecule has 3 rings (SSSR count). The van der Waals surface area contributed by atoms with Gasteiger partial charge in [-0.1, -0.05) is 6.07 Å². The van der Waals surface area contributed by atoms with Gasteiger partial charge in [0.1, 0.15) is 12.4 Å². The molecule has 7 nitrogen and oxygen atoms in total. The number of ether oxygens (including phenoxy) is 2. The van der Waals surface area contributed by atoms with Crippen molar-refractivity contribution in [1.29, 1.82) is 0 Å². The molecule has 0 bridgehead atoms. The van der Waals surface area contributed by atoms with E-state index in [9.17, 15) is 14.0 Å². The Morgan fingerprint density at radius 2 is 1.93 bits per heavy atom. The number of esters is 1. The summed E-state index contributed by atoms with van der Waals surface area (Å²) in [5, 5.41) is 0. The number of amides is 1. The van der Waals surface area contributed by atoms with Crippen LogP contribution in [0.1, 0.15) is 34.6 Å². The molecule has 1 aromatic rings. The van der Waals surface area contributed by atoms with Gasteiger partial charge in [0.15, 0.2) is 6.10 Å². The predicted molar refractivity (Wildman–Crippen MR) is 96.4 cm³/mol. The van der Waals surface area contributed by atoms with Crippen molar-refractivity contribution in [3.05, 3.63) is 24.0 Å². The van der Waals surface area contributed by atoms with E-state index in [1.807, 2.05) is 27.7 Å². The van der Waals surface area contributed by atoms with E-state index >= 15 is 0 Å². The quantitative estimate of drug-likeness (QED) is 0.589. The molecule has 0 spiro atoms. The van der Waals surface area contributed by atoms with Gasteiger partial charge in [-0.3, -0.25) is 9.69 Å². The first-order valence-electron chi connectivity index (χ1n) is 8.77. The van der Waals surface area contributed by atoms with Gasteiger partial charge >= 0.3 is 19.2 Å². The SMILES string of the molecule is CC(=O)OC[C@H]1CN(c2ccc(B3OC(C)(C)C(C)(C)O3)c(F)c2)C(=O)O1. The van der Waals surface area contributed by atoms with Crippen LogP contribution in [0.25, 0.3) is 0 Å². The molecule has 1 atom stereocenters. The minimum absolute atomic E-state index is 0.0357. The normalized spacial score (nSPS) is 23.5. The Bertz CT molecular complexity index is 752. The Balaban J connectivity index is 1.74. The maximum absolute atomic E-state index is 14.7. The first-order valence-corrected chi connectivity index (χ1v) is 8.77. The zero-order chi connectivity index (χ0) is 20.0. The van der Waals surface area contributed by atoms with E-state index in [-0.39, 0.29) is 18.6 Å². The summed E-state index contributed by atoms with van der Waals surface area (Å²) in [6, 6.07) is 4.40. The van der Waals surface area contributed by atoms with E-state index in [0.29, 0.717) is 5.69 Å². The molecule has 1 amide bonds. The highest BCUT2D eigenvalue weighted by atomic mass is 19.1. The number of carbonyl (C=O) groups excluding carboxylic acids is 2. The summed E-state index contributed by atoms with van der Waals surface area (Å²) in [6.45, 7) is 8.98. The molecule has 2 aliphatic heterocycles. The van der Waals surface area contributed by atoms with Crippen LogP contribution in [0.2, 0.25) is 0 Å². The molecule has 0 saturated carbocycles. The fourth-order valence-electron chi connectivity index (χ4n) is 2.87. The lowest BCUT2D eigenvalue weighted by Gasteiger charge is -2.32. The van der Waals surface area contributed by atoms with E-state index < -0.39 is 42.3 Å². The minimum Gasteiger partial charge on any atom is -0.462 e. The molecule has 0 aromatic heterocycles. The molecule has 0 aliphatic carbocycles. The standard InChI is InChI=1S/C18H23BFNO6/c1-11(22)24-10-13-9-21(16(23)25-13)12-6-7-14(15(20)8-12)19-26-17(2,3)18(4,5)27-19/h6-8,13H,9-10H2,1-5H3/t13-/m1/s1. The third-order valence-corrected chi connectivity index (χ3v) is 5.15. The van der Waals surface area contributed by atoms with Crippen LogP contribution in [0.15, 0.2) is 18.2 Å². The van der Waals surface area contributed by atoms with Crippen LogP contribution in [0.5, 0.6) is 0 Å². The summed E-state index contributed by atoms with van der Waals surface area (Å²) in [4.78, 5) is 24.2. The van der Waals surface area contributed by atoms with Gasteiger partial charge in [-0.05, 0) is 39.8 Å². The maximum atomic E-state index is 14.7. The van der Waals surface area contributed by atoms with Crippen molar-refractivity contribution in [1.82, 2.24) is 0 Å². The second-order valence-corrected chi connectivity index (χ2v) is 7.71. The highest BCUT2D eigenvalue weighted by molar-refractivity contribution is 6.62. The maximum Gasteiger partial charge on any atom is 0.497 e. The van der Waals surface area contributed by atoms with Crippen molar-refractivity contribution < 1.29 is 32.8 Å². The molecule has 2 fully saturated rings. The van der Waals surface area contributed by atoms with Gasteiger partial charge in [0, 0.05) is 12.4 Å². The second-order valence-electron chi connectivity index (χ2n) is 7.71. The van der Waals surface area contributed by atoms with Gasteiger partial charge in [0.2, 0.25) is 0 Å². The number of hydrogen-bond donors (Lipinski definition) is 0. The lowest BCUT2D eigenvalue weighted by Crippen LogP contribution is -2.41. The number of hydrogen-bond acceptors (Lipinski definition) is 6. The Morgan fingerprint density at radius 3 is 2.48 bits per heavy atom. The summed E-state index contributed by atoms with van der Waals surface area (Å²) in [7, 11) is -0.828. The average Bonchev–Trinajstić information content (AvgIpc) is 3.01. The molecule has 0 unspecified atom stereocenters. The predicted octanol–water partition coefficient (Wildman–Crippen LogP) is 2.01. The van der Waals surface area contributed by atoms with Gasteiger partial charge in [0.05, 0.1) is 23.4 Å². The summed E-state index contributed by atoms with van der Waals surface area (Å²) in [6.07, 6.45) is -1.21. The number of nitrogens with zero attached hydrogens (tertiary/aromatic N) is 1. The molecule has 2 aliphatic rings. The van der Waals surface area contributed by atoms with E-state index in [4.69, 9.17) is 18.8 Å². The van der Waals surface area contributed by atoms with Crippen LogP contribution in [-0.2, 0) is 23.6 Å². The summed E-state index contributed by atoms with van der Waals surface area (Å²) >= 11 is 0. The number of halogens is 1. The monoisotopic (exact) mass is 379 g/mol. The molecular weight excluding hydrogens is 356 g/mol. The highest BCUT2D eigenvalue weighted by Gasteiger charge is 2.52. The van der Waals surface area contributed by atoms with Crippen molar-refractivity contribution in [3.63, 3.8) is 0 Å². The van der Waals surface area contributed by atoms with Crippen molar-refractivity contribution in [2.45, 2.75) is 51.9 Å². The van der Waals surface area contributed by atoms with Gasteiger partial charge < -0.3 is 18.8 Å². The third kappa shape index (κ3) is 3.79. The van der Waals surface area contributed by atoms with Gasteiger partial charge in [-0.2, -0.15) is 0 Å². The van der Waals surface area contributed by atoms with Crippen LogP contribution < -0.4 is 10.4 Å². The zero-order valence-electron chi connectivity index (χ0n) is 16.1. The number of rotatable bonds is 4. The van der Waals surface area contributed by atoms with Gasteiger partial charge in [0.25, 0.3) is 0 Å². The average molecular weight is 379 g/mol. The third-order valence-electron chi connectivity index (χ3n) is 5.15. The van der Waals surface area contributed by atoms with Crippen molar-refractivity contribution in [2.75, 3.05) is 18.1 Å². The first kappa shape index (κ1) is 19.6. The van der Waals surface area contributed by atoms with Crippen molar-refractivity contribution in [2.24, 2.45) is 0 Å². The molecular formula is C18H23BFNO6.